The SMILES string of the molecule is O=C(c1cc([N+](=O)[O-])ccc1I)N1CCS(=O)(=O)CC1. The van der Waals surface area contributed by atoms with Crippen LogP contribution in [0.4, 0.5) is 5.69 Å². The van der Waals surface area contributed by atoms with E-state index < -0.39 is 14.8 Å². The van der Waals surface area contributed by atoms with Crippen molar-refractivity contribution in [3.05, 3.63) is 37.4 Å². The summed E-state index contributed by atoms with van der Waals surface area (Å²) in [6.07, 6.45) is 0. The molecule has 1 amide bonds. The van der Waals surface area contributed by atoms with E-state index in [1.54, 1.807) is 0 Å². The molecule has 1 fully saturated rings. The van der Waals surface area contributed by atoms with E-state index in [0.717, 1.165) is 0 Å². The van der Waals surface area contributed by atoms with Gasteiger partial charge in [0.25, 0.3) is 11.6 Å². The number of amides is 1. The number of non-ortho nitro benzene ring substituents is 1. The Balaban J connectivity index is 2.25. The Bertz CT molecular complexity index is 659. The third-order valence-corrected chi connectivity index (χ3v) is 5.57. The second-order valence-corrected chi connectivity index (χ2v) is 7.83. The molecule has 0 radical (unpaired) electrons. The van der Waals surface area contributed by atoms with Crippen molar-refractivity contribution in [3.8, 4) is 0 Å². The number of carbonyl (C=O) groups excluding carboxylic acids is 1. The van der Waals surface area contributed by atoms with E-state index in [2.05, 4.69) is 0 Å². The molecule has 2 rings (SSSR count). The van der Waals surface area contributed by atoms with Gasteiger partial charge in [-0.25, -0.2) is 8.42 Å². The maximum absolute atomic E-state index is 12.3. The molecule has 1 heterocycles. The summed E-state index contributed by atoms with van der Waals surface area (Å²) in [6.45, 7) is 0.250. The van der Waals surface area contributed by atoms with E-state index in [9.17, 15) is 23.3 Å². The fourth-order valence-corrected chi connectivity index (χ4v) is 3.64. The minimum atomic E-state index is -3.07. The van der Waals surface area contributed by atoms with Gasteiger partial charge in [-0.15, -0.1) is 0 Å². The molecule has 1 aromatic carbocycles. The molecule has 0 N–H and O–H groups in total. The van der Waals surface area contributed by atoms with Crippen molar-refractivity contribution in [2.24, 2.45) is 0 Å². The third-order valence-electron chi connectivity index (χ3n) is 3.02. The van der Waals surface area contributed by atoms with Gasteiger partial charge in [0, 0.05) is 28.8 Å². The molecule has 0 saturated carbocycles. The van der Waals surface area contributed by atoms with Crippen LogP contribution in [0.1, 0.15) is 10.4 Å². The van der Waals surface area contributed by atoms with Crippen LogP contribution in [0.5, 0.6) is 0 Å². The van der Waals surface area contributed by atoms with E-state index >= 15 is 0 Å². The van der Waals surface area contributed by atoms with Crippen LogP contribution in [0.25, 0.3) is 0 Å². The van der Waals surface area contributed by atoms with E-state index in [1.165, 1.54) is 23.1 Å². The number of sulfone groups is 1. The van der Waals surface area contributed by atoms with E-state index in [1.807, 2.05) is 22.6 Å². The van der Waals surface area contributed by atoms with Crippen LogP contribution in [-0.4, -0.2) is 48.7 Å². The number of rotatable bonds is 2. The molecule has 108 valence electrons. The molecule has 0 atom stereocenters. The van der Waals surface area contributed by atoms with E-state index in [-0.39, 0.29) is 41.8 Å². The van der Waals surface area contributed by atoms with Gasteiger partial charge in [-0.3, -0.25) is 14.9 Å². The molecule has 20 heavy (non-hydrogen) atoms. The maximum atomic E-state index is 12.3. The normalized spacial score (nSPS) is 17.8. The summed E-state index contributed by atoms with van der Waals surface area (Å²) in [4.78, 5) is 23.9. The van der Waals surface area contributed by atoms with Crippen molar-refractivity contribution < 1.29 is 18.1 Å². The third kappa shape index (κ3) is 3.26. The lowest BCUT2D eigenvalue weighted by molar-refractivity contribution is -0.384. The van der Waals surface area contributed by atoms with Crippen LogP contribution in [-0.2, 0) is 9.84 Å². The standard InChI is InChI=1S/C11H11IN2O5S/c12-10-2-1-8(14(16)17)7-9(10)11(15)13-3-5-20(18,19)6-4-13/h1-2,7H,3-6H2. The first-order chi connectivity index (χ1) is 9.30. The van der Waals surface area contributed by atoms with Gasteiger partial charge in [0.2, 0.25) is 0 Å². The minimum absolute atomic E-state index is 0.0652. The number of nitro benzene ring substituents is 1. The summed E-state index contributed by atoms with van der Waals surface area (Å²) in [5.74, 6) is -0.498. The van der Waals surface area contributed by atoms with Gasteiger partial charge in [0.15, 0.2) is 9.84 Å². The van der Waals surface area contributed by atoms with E-state index in [0.29, 0.717) is 3.57 Å². The van der Waals surface area contributed by atoms with Crippen molar-refractivity contribution in [2.45, 2.75) is 0 Å². The Hall–Kier alpha value is -1.23. The molecule has 7 nitrogen and oxygen atoms in total. The van der Waals surface area contributed by atoms with Gasteiger partial charge in [-0.1, -0.05) is 0 Å². The molecule has 0 aliphatic carbocycles. The summed E-state index contributed by atoms with van der Waals surface area (Å²) >= 11 is 1.93. The quantitative estimate of drug-likeness (QED) is 0.413. The van der Waals surface area contributed by atoms with Gasteiger partial charge in [0.05, 0.1) is 22.0 Å². The average Bonchev–Trinajstić information content (AvgIpc) is 2.38. The highest BCUT2D eigenvalue weighted by molar-refractivity contribution is 14.1. The Kier molecular flexibility index (Phi) is 4.28. The second kappa shape index (κ2) is 5.64. The van der Waals surface area contributed by atoms with Crippen molar-refractivity contribution in [2.75, 3.05) is 24.6 Å². The zero-order valence-corrected chi connectivity index (χ0v) is 13.3. The number of carbonyl (C=O) groups is 1. The maximum Gasteiger partial charge on any atom is 0.270 e. The summed E-state index contributed by atoms with van der Waals surface area (Å²) in [6, 6.07) is 4.07. The Labute approximate surface area is 129 Å². The van der Waals surface area contributed by atoms with E-state index in [4.69, 9.17) is 0 Å². The molecule has 9 heteroatoms. The lowest BCUT2D eigenvalue weighted by Crippen LogP contribution is -2.43. The highest BCUT2D eigenvalue weighted by Gasteiger charge is 2.27. The molecule has 0 unspecified atom stereocenters. The van der Waals surface area contributed by atoms with Gasteiger partial charge < -0.3 is 4.90 Å². The van der Waals surface area contributed by atoms with Crippen LogP contribution in [0.3, 0.4) is 0 Å². The molecule has 1 aromatic rings. The first-order valence-corrected chi connectivity index (χ1v) is 8.64. The Morgan fingerprint density at radius 1 is 1.30 bits per heavy atom. The van der Waals surface area contributed by atoms with Gasteiger partial charge in [-0.05, 0) is 28.7 Å². The fraction of sp³-hybridized carbons (Fsp3) is 0.364. The molecule has 0 bridgehead atoms. The zero-order valence-electron chi connectivity index (χ0n) is 10.3. The number of hydrogen-bond donors (Lipinski definition) is 0. The fourth-order valence-electron chi connectivity index (χ4n) is 1.88. The molecule has 1 saturated heterocycles. The largest absolute Gasteiger partial charge is 0.337 e. The lowest BCUT2D eigenvalue weighted by atomic mass is 10.1. The van der Waals surface area contributed by atoms with Crippen LogP contribution in [0.15, 0.2) is 18.2 Å². The molecule has 0 aromatic heterocycles. The number of nitro groups is 1. The first-order valence-electron chi connectivity index (χ1n) is 5.74. The summed E-state index contributed by atoms with van der Waals surface area (Å²) in [5, 5.41) is 10.7. The summed E-state index contributed by atoms with van der Waals surface area (Å²) in [7, 11) is -3.07. The monoisotopic (exact) mass is 410 g/mol. The van der Waals surface area contributed by atoms with Crippen molar-refractivity contribution in [1.29, 1.82) is 0 Å². The highest BCUT2D eigenvalue weighted by Crippen LogP contribution is 2.21. The number of nitrogens with zero attached hydrogens (tertiary/aromatic N) is 2. The second-order valence-electron chi connectivity index (χ2n) is 4.37. The molecule has 1 aliphatic heterocycles. The zero-order chi connectivity index (χ0) is 14.9. The topological polar surface area (TPSA) is 97.6 Å². The smallest absolute Gasteiger partial charge is 0.270 e. The number of halogens is 1. The highest BCUT2D eigenvalue weighted by atomic mass is 127. The van der Waals surface area contributed by atoms with Gasteiger partial charge in [-0.2, -0.15) is 0 Å². The summed E-state index contributed by atoms with van der Waals surface area (Å²) in [5.41, 5.74) is 0.0810. The first kappa shape index (κ1) is 15.2. The predicted octanol–water partition coefficient (Wildman–Crippen LogP) is 1.07. The van der Waals surface area contributed by atoms with Crippen molar-refractivity contribution in [3.63, 3.8) is 0 Å². The number of hydrogen-bond acceptors (Lipinski definition) is 5. The molecule has 1 aliphatic rings. The molecular weight excluding hydrogens is 399 g/mol. The van der Waals surface area contributed by atoms with Gasteiger partial charge >= 0.3 is 0 Å². The van der Waals surface area contributed by atoms with Crippen LogP contribution in [0, 0.1) is 13.7 Å². The predicted molar refractivity (Wildman–Crippen MR) is 80.4 cm³/mol. The Morgan fingerprint density at radius 2 is 1.90 bits per heavy atom. The average molecular weight is 410 g/mol. The molecular formula is C11H11IN2O5S. The van der Waals surface area contributed by atoms with Crippen molar-refractivity contribution in [1.82, 2.24) is 4.90 Å². The Morgan fingerprint density at radius 3 is 2.45 bits per heavy atom. The van der Waals surface area contributed by atoms with Crippen LogP contribution in [0.2, 0.25) is 0 Å². The molecule has 0 spiro atoms. The van der Waals surface area contributed by atoms with Crippen LogP contribution >= 0.6 is 22.6 Å². The lowest BCUT2D eigenvalue weighted by Gasteiger charge is -2.27. The van der Waals surface area contributed by atoms with Crippen LogP contribution < -0.4 is 0 Å². The minimum Gasteiger partial charge on any atom is -0.337 e. The number of benzene rings is 1. The van der Waals surface area contributed by atoms with Gasteiger partial charge in [0.1, 0.15) is 0 Å². The van der Waals surface area contributed by atoms with Crippen molar-refractivity contribution >= 4 is 44.0 Å². The summed E-state index contributed by atoms with van der Waals surface area (Å²) < 4.78 is 23.3.